The highest BCUT2D eigenvalue weighted by atomic mass is 79.9. The molecule has 0 atom stereocenters. The van der Waals surface area contributed by atoms with Crippen molar-refractivity contribution in [1.29, 1.82) is 0 Å². The standard InChI is InChI=1S/C16H23N4.BrH/c1-2-4-15(5-3-1)14-17-6-8-18-10-12-20-13-11-19(9-7-17)16(18)20;/h1-5H,6-14H2;1H/q+1;/p-1. The van der Waals surface area contributed by atoms with Crippen molar-refractivity contribution in [2.45, 2.75) is 6.54 Å². The topological polar surface area (TPSA) is 12.7 Å². The Hall–Kier alpha value is -1.07. The number of guanidine groups is 1. The summed E-state index contributed by atoms with van der Waals surface area (Å²) in [7, 11) is 0. The average Bonchev–Trinajstić information content (AvgIpc) is 3.02. The molecule has 0 unspecified atom stereocenters. The predicted octanol–water partition coefficient (Wildman–Crippen LogP) is -2.49. The highest BCUT2D eigenvalue weighted by Crippen LogP contribution is 2.16. The fraction of sp³-hybridized carbons (Fsp3) is 0.562. The smallest absolute Gasteiger partial charge is 0.351 e. The van der Waals surface area contributed by atoms with Crippen molar-refractivity contribution in [2.24, 2.45) is 0 Å². The molecule has 1 aromatic carbocycles. The predicted molar refractivity (Wildman–Crippen MR) is 79.9 cm³/mol. The number of nitrogens with zero attached hydrogens (tertiary/aromatic N) is 4. The largest absolute Gasteiger partial charge is 1.00 e. The molecule has 114 valence electrons. The van der Waals surface area contributed by atoms with Gasteiger partial charge in [0.2, 0.25) is 0 Å². The van der Waals surface area contributed by atoms with E-state index in [1.54, 1.807) is 0 Å². The van der Waals surface area contributed by atoms with Crippen molar-refractivity contribution in [3.05, 3.63) is 35.9 Å². The number of hydrogen-bond donors (Lipinski definition) is 0. The van der Waals surface area contributed by atoms with Gasteiger partial charge in [0.1, 0.15) is 0 Å². The highest BCUT2D eigenvalue weighted by Gasteiger charge is 2.41. The van der Waals surface area contributed by atoms with E-state index in [1.165, 1.54) is 63.9 Å². The molecule has 0 radical (unpaired) electrons. The maximum absolute atomic E-state index is 2.60. The van der Waals surface area contributed by atoms with Crippen LogP contribution in [-0.4, -0.2) is 77.6 Å². The van der Waals surface area contributed by atoms with Crippen LogP contribution in [0.4, 0.5) is 0 Å². The molecule has 0 aliphatic carbocycles. The summed E-state index contributed by atoms with van der Waals surface area (Å²) in [5, 5.41) is 0. The number of hydrogen-bond acceptors (Lipinski definition) is 3. The van der Waals surface area contributed by atoms with Crippen LogP contribution >= 0.6 is 0 Å². The van der Waals surface area contributed by atoms with E-state index in [0.717, 1.165) is 6.54 Å². The molecule has 3 heterocycles. The van der Waals surface area contributed by atoms with Crippen LogP contribution in [-0.2, 0) is 6.54 Å². The summed E-state index contributed by atoms with van der Waals surface area (Å²) < 4.78 is 2.59. The second-order valence-electron chi connectivity index (χ2n) is 6.02. The number of rotatable bonds is 2. The lowest BCUT2D eigenvalue weighted by Crippen LogP contribution is -3.00. The van der Waals surface area contributed by atoms with E-state index >= 15 is 0 Å². The van der Waals surface area contributed by atoms with Crippen molar-refractivity contribution >= 4 is 5.96 Å². The van der Waals surface area contributed by atoms with Gasteiger partial charge in [-0.1, -0.05) is 30.3 Å². The van der Waals surface area contributed by atoms with Gasteiger partial charge in [0, 0.05) is 19.6 Å². The molecule has 0 amide bonds. The Bertz CT molecular complexity index is 516. The van der Waals surface area contributed by atoms with E-state index in [2.05, 4.69) is 49.6 Å². The first-order valence-electron chi connectivity index (χ1n) is 7.78. The summed E-state index contributed by atoms with van der Waals surface area (Å²) in [5.74, 6) is 1.52. The number of halogens is 1. The van der Waals surface area contributed by atoms with Crippen LogP contribution in [0, 0.1) is 0 Å². The van der Waals surface area contributed by atoms with Gasteiger partial charge >= 0.3 is 5.96 Å². The van der Waals surface area contributed by atoms with Crippen LogP contribution in [0.5, 0.6) is 0 Å². The van der Waals surface area contributed by atoms with Crippen molar-refractivity contribution in [3.63, 3.8) is 0 Å². The molecule has 1 aromatic rings. The Morgan fingerprint density at radius 3 is 2.29 bits per heavy atom. The summed E-state index contributed by atoms with van der Waals surface area (Å²) in [6.07, 6.45) is 0. The van der Waals surface area contributed by atoms with Crippen LogP contribution in [0.2, 0.25) is 0 Å². The molecule has 4 rings (SSSR count). The Kier molecular flexibility index (Phi) is 4.50. The molecule has 0 spiro atoms. The molecule has 5 heteroatoms. The third kappa shape index (κ3) is 2.94. The molecule has 0 N–H and O–H groups in total. The Labute approximate surface area is 137 Å². The first kappa shape index (κ1) is 14.9. The minimum absolute atomic E-state index is 0. The summed E-state index contributed by atoms with van der Waals surface area (Å²) in [6, 6.07) is 10.9. The van der Waals surface area contributed by atoms with Gasteiger partial charge in [-0.15, -0.1) is 0 Å². The molecule has 3 aliphatic rings. The number of benzene rings is 1. The van der Waals surface area contributed by atoms with Crippen molar-refractivity contribution in [2.75, 3.05) is 52.4 Å². The van der Waals surface area contributed by atoms with Crippen LogP contribution in [0.1, 0.15) is 5.56 Å². The lowest BCUT2D eigenvalue weighted by Gasteiger charge is -2.27. The molecular formula is C16H23BrN4. The molecule has 4 nitrogen and oxygen atoms in total. The molecule has 1 fully saturated rings. The van der Waals surface area contributed by atoms with E-state index < -0.39 is 0 Å². The summed E-state index contributed by atoms with van der Waals surface area (Å²) in [6.45, 7) is 10.7. The maximum Gasteiger partial charge on any atom is 0.351 e. The second kappa shape index (κ2) is 6.36. The van der Waals surface area contributed by atoms with Gasteiger partial charge in [0.05, 0.1) is 39.3 Å². The third-order valence-electron chi connectivity index (χ3n) is 4.75. The highest BCUT2D eigenvalue weighted by molar-refractivity contribution is 5.78. The first-order valence-corrected chi connectivity index (χ1v) is 7.78. The molecule has 0 saturated carbocycles. The zero-order chi connectivity index (χ0) is 13.4. The minimum Gasteiger partial charge on any atom is -1.00 e. The normalized spacial score (nSPS) is 21.9. The third-order valence-corrected chi connectivity index (χ3v) is 4.75. The van der Waals surface area contributed by atoms with Gasteiger partial charge in [-0.3, -0.25) is 19.3 Å². The van der Waals surface area contributed by atoms with E-state index in [4.69, 9.17) is 0 Å². The molecule has 0 bridgehead atoms. The van der Waals surface area contributed by atoms with Crippen LogP contribution in [0.3, 0.4) is 0 Å². The SMILES string of the molecule is [Br-].c1ccc(CN2CCN3CCN4CC[N+](=C34)CC2)cc1. The van der Waals surface area contributed by atoms with Crippen LogP contribution in [0.15, 0.2) is 30.3 Å². The zero-order valence-electron chi connectivity index (χ0n) is 12.4. The zero-order valence-corrected chi connectivity index (χ0v) is 14.0. The van der Waals surface area contributed by atoms with Crippen LogP contribution < -0.4 is 17.0 Å². The van der Waals surface area contributed by atoms with Crippen LogP contribution in [0.25, 0.3) is 0 Å². The van der Waals surface area contributed by atoms with Gasteiger partial charge < -0.3 is 17.0 Å². The van der Waals surface area contributed by atoms with Crippen molar-refractivity contribution < 1.29 is 21.6 Å². The van der Waals surface area contributed by atoms with E-state index in [0.29, 0.717) is 0 Å². The van der Waals surface area contributed by atoms with Crippen molar-refractivity contribution in [1.82, 2.24) is 14.7 Å². The van der Waals surface area contributed by atoms with E-state index in [1.807, 2.05) is 0 Å². The maximum atomic E-state index is 2.60. The van der Waals surface area contributed by atoms with Gasteiger partial charge in [0.15, 0.2) is 0 Å². The quantitative estimate of drug-likeness (QED) is 0.547. The summed E-state index contributed by atoms with van der Waals surface area (Å²) >= 11 is 0. The first-order chi connectivity index (χ1) is 9.90. The van der Waals surface area contributed by atoms with Gasteiger partial charge in [-0.05, 0) is 5.56 Å². The molecule has 21 heavy (non-hydrogen) atoms. The Morgan fingerprint density at radius 1 is 0.810 bits per heavy atom. The molecule has 3 aliphatic heterocycles. The van der Waals surface area contributed by atoms with Gasteiger partial charge in [-0.2, -0.15) is 0 Å². The van der Waals surface area contributed by atoms with Gasteiger partial charge in [-0.25, -0.2) is 0 Å². The lowest BCUT2D eigenvalue weighted by atomic mass is 10.2. The Morgan fingerprint density at radius 2 is 1.48 bits per heavy atom. The molecule has 1 saturated heterocycles. The van der Waals surface area contributed by atoms with Gasteiger partial charge in [0.25, 0.3) is 0 Å². The average molecular weight is 351 g/mol. The van der Waals surface area contributed by atoms with E-state index in [9.17, 15) is 0 Å². The van der Waals surface area contributed by atoms with Crippen molar-refractivity contribution in [3.8, 4) is 0 Å². The molecule has 0 aromatic heterocycles. The summed E-state index contributed by atoms with van der Waals surface area (Å²) in [4.78, 5) is 7.75. The Balaban J connectivity index is 0.00000132. The lowest BCUT2D eigenvalue weighted by molar-refractivity contribution is -0.523. The monoisotopic (exact) mass is 350 g/mol. The fourth-order valence-corrected chi connectivity index (χ4v) is 3.65. The fourth-order valence-electron chi connectivity index (χ4n) is 3.65. The minimum atomic E-state index is 0. The second-order valence-corrected chi connectivity index (χ2v) is 6.02. The molecular weight excluding hydrogens is 328 g/mol. The van der Waals surface area contributed by atoms with E-state index in [-0.39, 0.29) is 17.0 Å². The summed E-state index contributed by atoms with van der Waals surface area (Å²) in [5.41, 5.74) is 1.43.